The van der Waals surface area contributed by atoms with Crippen LogP contribution in [0.3, 0.4) is 0 Å². The molecule has 0 aliphatic carbocycles. The highest BCUT2D eigenvalue weighted by atomic mass is 35.5. The maximum Gasteiger partial charge on any atom is 0.264 e. The molecular weight excluding hydrogens is 449 g/mol. The molecule has 1 aliphatic rings. The molecule has 1 aromatic heterocycles. The first-order valence-electron chi connectivity index (χ1n) is 9.82. The number of ether oxygens (including phenoxy) is 1. The normalized spacial score (nSPS) is 13.0. The average Bonchev–Trinajstić information content (AvgIpc) is 3.23. The number of benzene rings is 3. The molecular formula is C24H17ClFN3O2S. The third kappa shape index (κ3) is 3.81. The molecule has 0 atom stereocenters. The zero-order chi connectivity index (χ0) is 22.2. The minimum atomic E-state index is -0.475. The van der Waals surface area contributed by atoms with Crippen LogP contribution in [-0.4, -0.2) is 24.5 Å². The van der Waals surface area contributed by atoms with Crippen LogP contribution in [0, 0.1) is 5.82 Å². The molecule has 160 valence electrons. The Hall–Kier alpha value is -3.42. The summed E-state index contributed by atoms with van der Waals surface area (Å²) >= 11 is 7.41. The molecule has 3 aromatic carbocycles. The van der Waals surface area contributed by atoms with Crippen LogP contribution >= 0.6 is 22.9 Å². The van der Waals surface area contributed by atoms with Gasteiger partial charge in [0, 0.05) is 18.3 Å². The third-order valence-electron chi connectivity index (χ3n) is 5.15. The second-order valence-corrected chi connectivity index (χ2v) is 8.65. The van der Waals surface area contributed by atoms with Crippen molar-refractivity contribution in [3.63, 3.8) is 0 Å². The lowest BCUT2D eigenvalue weighted by Crippen LogP contribution is -2.35. The minimum Gasteiger partial charge on any atom is -0.482 e. The second-order valence-electron chi connectivity index (χ2n) is 7.24. The number of amides is 1. The van der Waals surface area contributed by atoms with Crippen molar-refractivity contribution >= 4 is 45.4 Å². The van der Waals surface area contributed by atoms with Crippen molar-refractivity contribution in [2.24, 2.45) is 0 Å². The van der Waals surface area contributed by atoms with Gasteiger partial charge in [0.1, 0.15) is 11.6 Å². The number of likely N-dealkylation sites (N-methyl/N-ethyl adjacent to an activating group) is 1. The first-order valence-corrected chi connectivity index (χ1v) is 11.0. The average molecular weight is 466 g/mol. The highest BCUT2D eigenvalue weighted by Gasteiger charge is 2.24. The number of rotatable bonds is 4. The number of halogens is 2. The molecule has 32 heavy (non-hydrogen) atoms. The van der Waals surface area contributed by atoms with Crippen LogP contribution in [0.1, 0.15) is 0 Å². The van der Waals surface area contributed by atoms with Gasteiger partial charge in [0.25, 0.3) is 5.91 Å². The van der Waals surface area contributed by atoms with Crippen LogP contribution < -0.4 is 15.0 Å². The molecule has 1 N–H and O–H groups in total. The predicted octanol–water partition coefficient (Wildman–Crippen LogP) is 6.37. The third-order valence-corrected chi connectivity index (χ3v) is 6.46. The Kier molecular flexibility index (Phi) is 5.28. The van der Waals surface area contributed by atoms with E-state index in [4.69, 9.17) is 21.3 Å². The molecule has 0 radical (unpaired) electrons. The highest BCUT2D eigenvalue weighted by Crippen LogP contribution is 2.43. The first kappa shape index (κ1) is 20.5. The zero-order valence-electron chi connectivity index (χ0n) is 16.9. The fraction of sp³-hybridized carbons (Fsp3) is 0.0833. The molecule has 0 spiro atoms. The number of aromatic nitrogens is 1. The highest BCUT2D eigenvalue weighted by molar-refractivity contribution is 7.19. The van der Waals surface area contributed by atoms with Crippen molar-refractivity contribution < 1.29 is 13.9 Å². The number of nitrogens with one attached hydrogen (secondary N) is 1. The second kappa shape index (κ2) is 8.26. The number of hydrogen-bond donors (Lipinski definition) is 1. The minimum absolute atomic E-state index is 0.0309. The number of nitrogens with zero attached hydrogens (tertiary/aromatic N) is 2. The monoisotopic (exact) mass is 465 g/mol. The van der Waals surface area contributed by atoms with E-state index >= 15 is 0 Å². The lowest BCUT2D eigenvalue weighted by atomic mass is 10.1. The molecule has 0 saturated carbocycles. The Balaban J connectivity index is 1.59. The van der Waals surface area contributed by atoms with Crippen LogP contribution in [0.15, 0.2) is 66.7 Å². The van der Waals surface area contributed by atoms with E-state index < -0.39 is 5.82 Å². The molecule has 5 rings (SSSR count). The summed E-state index contributed by atoms with van der Waals surface area (Å²) in [6, 6.07) is 20.1. The summed E-state index contributed by atoms with van der Waals surface area (Å²) in [4.78, 5) is 19.5. The van der Waals surface area contributed by atoms with Gasteiger partial charge in [-0.15, -0.1) is 0 Å². The van der Waals surface area contributed by atoms with Gasteiger partial charge in [-0.05, 0) is 42.0 Å². The Bertz CT molecular complexity index is 1330. The maximum absolute atomic E-state index is 13.5. The Morgan fingerprint density at radius 2 is 1.91 bits per heavy atom. The molecule has 0 fully saturated rings. The summed E-state index contributed by atoms with van der Waals surface area (Å²) < 4.78 is 19.1. The van der Waals surface area contributed by atoms with Crippen LogP contribution in [0.5, 0.6) is 5.75 Å². The Morgan fingerprint density at radius 1 is 1.09 bits per heavy atom. The van der Waals surface area contributed by atoms with Gasteiger partial charge < -0.3 is 15.0 Å². The number of carbonyl (C=O) groups is 1. The molecule has 1 aliphatic heterocycles. The number of thiazole rings is 1. The van der Waals surface area contributed by atoms with Gasteiger partial charge in [0.15, 0.2) is 11.7 Å². The van der Waals surface area contributed by atoms with E-state index in [2.05, 4.69) is 5.32 Å². The molecule has 4 aromatic rings. The fourth-order valence-electron chi connectivity index (χ4n) is 3.47. The summed E-state index contributed by atoms with van der Waals surface area (Å²) in [7, 11) is 1.73. The quantitative estimate of drug-likeness (QED) is 0.380. The summed E-state index contributed by atoms with van der Waals surface area (Å²) in [5.41, 5.74) is 3.98. The molecule has 0 unspecified atom stereocenters. The van der Waals surface area contributed by atoms with E-state index in [0.717, 1.165) is 21.7 Å². The van der Waals surface area contributed by atoms with Crippen molar-refractivity contribution in [1.29, 1.82) is 0 Å². The maximum atomic E-state index is 13.5. The summed E-state index contributed by atoms with van der Waals surface area (Å²) in [5, 5.41) is 3.90. The van der Waals surface area contributed by atoms with Gasteiger partial charge in [0.2, 0.25) is 0 Å². The van der Waals surface area contributed by atoms with Crippen molar-refractivity contribution in [1.82, 2.24) is 4.98 Å². The molecule has 5 nitrogen and oxygen atoms in total. The van der Waals surface area contributed by atoms with E-state index in [1.165, 1.54) is 23.5 Å². The number of anilines is 3. The van der Waals surface area contributed by atoms with E-state index in [-0.39, 0.29) is 17.5 Å². The van der Waals surface area contributed by atoms with Gasteiger partial charge in [0.05, 0.1) is 21.3 Å². The van der Waals surface area contributed by atoms with Gasteiger partial charge in [-0.3, -0.25) is 4.79 Å². The van der Waals surface area contributed by atoms with Crippen LogP contribution in [-0.2, 0) is 4.79 Å². The molecule has 2 heterocycles. The molecule has 0 saturated heterocycles. The van der Waals surface area contributed by atoms with Gasteiger partial charge in [-0.1, -0.05) is 53.3 Å². The fourth-order valence-corrected chi connectivity index (χ4v) is 4.67. The Labute approximate surface area is 193 Å². The number of fused-ring (bicyclic) bond motifs is 1. The summed E-state index contributed by atoms with van der Waals surface area (Å²) in [6.07, 6.45) is 0. The molecule has 1 amide bonds. The summed E-state index contributed by atoms with van der Waals surface area (Å²) in [6.45, 7) is 0.0309. The zero-order valence-corrected chi connectivity index (χ0v) is 18.5. The first-order chi connectivity index (χ1) is 15.5. The smallest absolute Gasteiger partial charge is 0.264 e. The van der Waals surface area contributed by atoms with Crippen molar-refractivity contribution in [3.05, 3.63) is 77.6 Å². The van der Waals surface area contributed by atoms with Crippen LogP contribution in [0.25, 0.3) is 21.7 Å². The largest absolute Gasteiger partial charge is 0.482 e. The molecule has 0 bridgehead atoms. The van der Waals surface area contributed by atoms with Crippen molar-refractivity contribution in [2.45, 2.75) is 0 Å². The van der Waals surface area contributed by atoms with Gasteiger partial charge in [-0.25, -0.2) is 9.37 Å². The standard InChI is InChI=1S/C24H17ClFN3O2S/c1-29-19-11-15(7-10-20(19)31-13-21(29)30)22-23(14-5-3-2-4-6-14)32-24(28-22)27-16-8-9-18(26)17(25)12-16/h2-12H,13H2,1H3,(H,27,28). The lowest BCUT2D eigenvalue weighted by Gasteiger charge is -2.26. The van der Waals surface area contributed by atoms with Crippen molar-refractivity contribution in [3.8, 4) is 27.4 Å². The predicted molar refractivity (Wildman–Crippen MR) is 127 cm³/mol. The van der Waals surface area contributed by atoms with E-state index in [9.17, 15) is 9.18 Å². The lowest BCUT2D eigenvalue weighted by molar-refractivity contribution is -0.120. The topological polar surface area (TPSA) is 54.5 Å². The van der Waals surface area contributed by atoms with Crippen LogP contribution in [0.4, 0.5) is 20.9 Å². The molecule has 8 heteroatoms. The number of carbonyl (C=O) groups excluding carboxylic acids is 1. The van der Waals surface area contributed by atoms with Crippen molar-refractivity contribution in [2.75, 3.05) is 23.9 Å². The Morgan fingerprint density at radius 3 is 2.69 bits per heavy atom. The SMILES string of the molecule is CN1C(=O)COc2ccc(-c3nc(Nc4ccc(F)c(Cl)c4)sc3-c3ccccc3)cc21. The number of hydrogen-bond acceptors (Lipinski definition) is 5. The summed E-state index contributed by atoms with van der Waals surface area (Å²) in [5.74, 6) is 0.0790. The van der Waals surface area contributed by atoms with E-state index in [1.54, 1.807) is 18.0 Å². The van der Waals surface area contributed by atoms with Crippen LogP contribution in [0.2, 0.25) is 5.02 Å². The van der Waals surface area contributed by atoms with E-state index in [0.29, 0.717) is 22.3 Å². The van der Waals surface area contributed by atoms with Gasteiger partial charge >= 0.3 is 0 Å². The van der Waals surface area contributed by atoms with Gasteiger partial charge in [-0.2, -0.15) is 0 Å². The van der Waals surface area contributed by atoms with E-state index in [1.807, 2.05) is 48.5 Å².